The van der Waals surface area contributed by atoms with Crippen molar-refractivity contribution >= 4 is 27.5 Å². The summed E-state index contributed by atoms with van der Waals surface area (Å²) in [5.41, 5.74) is 0. The number of aromatic nitrogens is 2. The van der Waals surface area contributed by atoms with Crippen molar-refractivity contribution in [1.29, 1.82) is 0 Å². The second kappa shape index (κ2) is 7.83. The molecule has 1 aliphatic rings. The molecule has 0 aliphatic carbocycles. The van der Waals surface area contributed by atoms with E-state index in [1.807, 2.05) is 14.1 Å². The average Bonchev–Trinajstić information content (AvgIpc) is 3.11. The second-order valence-corrected chi connectivity index (χ2v) is 9.45. The Morgan fingerprint density at radius 3 is 2.71 bits per heavy atom. The number of nitrogens with zero attached hydrogens (tertiary/aromatic N) is 3. The van der Waals surface area contributed by atoms with Crippen LogP contribution in [-0.2, 0) is 14.6 Å². The number of hydrogen-bond donors (Lipinski definition) is 1. The van der Waals surface area contributed by atoms with Crippen molar-refractivity contribution in [3.05, 3.63) is 5.89 Å². The minimum atomic E-state index is -3.00. The smallest absolute Gasteiger partial charge is 0.277 e. The summed E-state index contributed by atoms with van der Waals surface area (Å²) in [6.45, 7) is 2.06. The van der Waals surface area contributed by atoms with E-state index >= 15 is 0 Å². The van der Waals surface area contributed by atoms with Gasteiger partial charge in [0.25, 0.3) is 11.1 Å². The molecule has 8 nitrogen and oxygen atoms in total. The summed E-state index contributed by atoms with van der Waals surface area (Å²) < 4.78 is 28.7. The second-order valence-electron chi connectivity index (χ2n) is 6.29. The number of thioether (sulfide) groups is 1. The molecule has 1 N–H and O–H groups in total. The number of quaternary nitrogens is 1. The largest absolute Gasteiger partial charge is 0.410 e. The normalized spacial score (nSPS) is 21.1. The van der Waals surface area contributed by atoms with E-state index in [4.69, 9.17) is 4.42 Å². The Kier molecular flexibility index (Phi) is 6.27. The van der Waals surface area contributed by atoms with Crippen molar-refractivity contribution in [3.63, 3.8) is 0 Å². The summed E-state index contributed by atoms with van der Waals surface area (Å²) in [5.74, 6) is 0.796. The number of carbonyl (C=O) groups is 1. The lowest BCUT2D eigenvalue weighted by atomic mass is 10.2. The third-order valence-electron chi connectivity index (χ3n) is 4.29. The van der Waals surface area contributed by atoms with E-state index in [-0.39, 0.29) is 35.2 Å². The van der Waals surface area contributed by atoms with Crippen LogP contribution in [0.2, 0.25) is 0 Å². The van der Waals surface area contributed by atoms with Crippen LogP contribution in [0.25, 0.3) is 0 Å². The van der Waals surface area contributed by atoms with Crippen LogP contribution in [0.3, 0.4) is 0 Å². The van der Waals surface area contributed by atoms with Crippen LogP contribution in [0.5, 0.6) is 0 Å². The zero-order valence-electron chi connectivity index (χ0n) is 14.5. The van der Waals surface area contributed by atoms with Gasteiger partial charge in [-0.1, -0.05) is 18.7 Å². The Morgan fingerprint density at radius 1 is 1.46 bits per heavy atom. The fourth-order valence-corrected chi connectivity index (χ4v) is 5.23. The number of carbonyl (C=O) groups excluding carboxylic acids is 1. The number of sulfone groups is 1. The van der Waals surface area contributed by atoms with Crippen LogP contribution >= 0.6 is 11.8 Å². The molecule has 136 valence electrons. The van der Waals surface area contributed by atoms with Crippen molar-refractivity contribution in [2.45, 2.75) is 37.1 Å². The highest BCUT2D eigenvalue weighted by Crippen LogP contribution is 2.22. The molecule has 1 aromatic rings. The fraction of sp³-hybridized carbons (Fsp3) is 0.786. The molecule has 1 aromatic heterocycles. The molecule has 24 heavy (non-hydrogen) atoms. The van der Waals surface area contributed by atoms with Crippen molar-refractivity contribution in [1.82, 2.24) is 15.1 Å². The lowest BCUT2D eigenvalue weighted by Gasteiger charge is -2.22. The SMILES string of the molecule is CC[C@H](c1nnc(SCC(=O)N(C)[C@H]2CCS(=O)(=O)C2)o1)[NH+](C)C. The van der Waals surface area contributed by atoms with Crippen LogP contribution in [-0.4, -0.2) is 73.9 Å². The molecule has 1 fully saturated rings. The fourth-order valence-electron chi connectivity index (χ4n) is 2.76. The number of hydrogen-bond acceptors (Lipinski definition) is 7. The lowest BCUT2D eigenvalue weighted by Crippen LogP contribution is -3.06. The molecule has 0 spiro atoms. The molecular weight excluding hydrogens is 352 g/mol. The Balaban J connectivity index is 1.89. The Labute approximate surface area is 146 Å². The van der Waals surface area contributed by atoms with Crippen molar-refractivity contribution in [2.75, 3.05) is 38.4 Å². The summed E-state index contributed by atoms with van der Waals surface area (Å²) in [7, 11) is 2.70. The Bertz CT molecular complexity index is 674. The van der Waals surface area contributed by atoms with Crippen LogP contribution in [0.4, 0.5) is 0 Å². The first-order valence-electron chi connectivity index (χ1n) is 7.95. The average molecular weight is 378 g/mol. The van der Waals surface area contributed by atoms with E-state index in [1.54, 1.807) is 7.05 Å². The van der Waals surface area contributed by atoms with Crippen molar-refractivity contribution < 1.29 is 22.5 Å². The Morgan fingerprint density at radius 2 is 2.17 bits per heavy atom. The molecule has 0 unspecified atom stereocenters. The molecule has 0 aromatic carbocycles. The van der Waals surface area contributed by atoms with Gasteiger partial charge in [0.2, 0.25) is 5.91 Å². The number of rotatable bonds is 7. The quantitative estimate of drug-likeness (QED) is 0.634. The zero-order chi connectivity index (χ0) is 17.9. The van der Waals surface area contributed by atoms with Gasteiger partial charge < -0.3 is 14.2 Å². The minimum Gasteiger partial charge on any atom is -0.410 e. The van der Waals surface area contributed by atoms with Gasteiger partial charge in [-0.25, -0.2) is 8.42 Å². The van der Waals surface area contributed by atoms with E-state index in [0.717, 1.165) is 6.42 Å². The lowest BCUT2D eigenvalue weighted by molar-refractivity contribution is -0.894. The van der Waals surface area contributed by atoms with Gasteiger partial charge in [0, 0.05) is 19.5 Å². The van der Waals surface area contributed by atoms with Gasteiger partial charge in [-0.15, -0.1) is 10.2 Å². The maximum Gasteiger partial charge on any atom is 0.277 e. The van der Waals surface area contributed by atoms with Crippen LogP contribution in [0.1, 0.15) is 31.7 Å². The first-order valence-corrected chi connectivity index (χ1v) is 10.8. The first-order chi connectivity index (χ1) is 11.2. The van der Waals surface area contributed by atoms with Gasteiger partial charge in [0.05, 0.1) is 31.4 Å². The van der Waals surface area contributed by atoms with E-state index in [1.165, 1.54) is 21.6 Å². The zero-order valence-corrected chi connectivity index (χ0v) is 16.1. The van der Waals surface area contributed by atoms with Crippen molar-refractivity contribution in [3.8, 4) is 0 Å². The molecule has 1 saturated heterocycles. The molecule has 2 rings (SSSR count). The topological polar surface area (TPSA) is 97.8 Å². The molecule has 0 saturated carbocycles. The molecule has 10 heteroatoms. The number of amides is 1. The van der Waals surface area contributed by atoms with Gasteiger partial charge >= 0.3 is 0 Å². The van der Waals surface area contributed by atoms with E-state index in [2.05, 4.69) is 17.1 Å². The van der Waals surface area contributed by atoms with Crippen molar-refractivity contribution in [2.24, 2.45) is 0 Å². The van der Waals surface area contributed by atoms with Gasteiger partial charge in [-0.3, -0.25) is 4.79 Å². The van der Waals surface area contributed by atoms with Gasteiger partial charge in [-0.2, -0.15) is 0 Å². The maximum atomic E-state index is 12.2. The number of nitrogens with one attached hydrogen (secondary N) is 1. The molecule has 0 radical (unpaired) electrons. The summed E-state index contributed by atoms with van der Waals surface area (Å²) >= 11 is 1.19. The maximum absolute atomic E-state index is 12.2. The summed E-state index contributed by atoms with van der Waals surface area (Å²) in [5, 5.41) is 8.42. The third-order valence-corrected chi connectivity index (χ3v) is 6.85. The summed E-state index contributed by atoms with van der Waals surface area (Å²) in [6, 6.07) is -0.0999. The molecule has 2 atom stereocenters. The minimum absolute atomic E-state index is 0.0500. The van der Waals surface area contributed by atoms with Gasteiger partial charge in [0.15, 0.2) is 15.9 Å². The highest BCUT2D eigenvalue weighted by atomic mass is 32.2. The Hall–Kier alpha value is -1.13. The van der Waals surface area contributed by atoms with Gasteiger partial charge in [0.1, 0.15) is 0 Å². The highest BCUT2D eigenvalue weighted by molar-refractivity contribution is 7.99. The predicted octanol–water partition coefficient (Wildman–Crippen LogP) is -0.597. The molecule has 1 aliphatic heterocycles. The van der Waals surface area contributed by atoms with Crippen LogP contribution < -0.4 is 4.90 Å². The third kappa shape index (κ3) is 4.70. The molecular formula is C14H25N4O4S2+. The molecule has 0 bridgehead atoms. The highest BCUT2D eigenvalue weighted by Gasteiger charge is 2.32. The molecule has 2 heterocycles. The standard InChI is InChI=1S/C14H24N4O4S2/c1-5-11(17(2)3)13-15-16-14(22-13)23-8-12(19)18(4)10-6-7-24(20,21)9-10/h10-11H,5-9H2,1-4H3/p+1/t10-,11+/m0/s1. The van der Waals surface area contributed by atoms with E-state index < -0.39 is 9.84 Å². The monoisotopic (exact) mass is 377 g/mol. The van der Waals surface area contributed by atoms with Crippen LogP contribution in [0.15, 0.2) is 9.64 Å². The summed E-state index contributed by atoms with van der Waals surface area (Å²) in [4.78, 5) is 15.0. The van der Waals surface area contributed by atoms with E-state index in [0.29, 0.717) is 17.5 Å². The summed E-state index contributed by atoms with van der Waals surface area (Å²) in [6.07, 6.45) is 1.39. The van der Waals surface area contributed by atoms with E-state index in [9.17, 15) is 13.2 Å². The first kappa shape index (κ1) is 19.2. The predicted molar refractivity (Wildman–Crippen MR) is 90.7 cm³/mol. The molecule has 1 amide bonds. The van der Waals surface area contributed by atoms with Gasteiger partial charge in [-0.05, 0) is 6.42 Å². The van der Waals surface area contributed by atoms with Crippen LogP contribution in [0, 0.1) is 0 Å².